The number of hydrogen-bond donors (Lipinski definition) is 2. The molecule has 4 rings (SSSR count). The highest BCUT2D eigenvalue weighted by molar-refractivity contribution is 9.10. The van der Waals surface area contributed by atoms with Crippen molar-refractivity contribution in [3.05, 3.63) is 28.5 Å². The minimum atomic E-state index is -0.590. The molecule has 2 amide bonds. The maximum atomic E-state index is 13.0. The number of carbonyl (C=O) groups excluding carboxylic acids is 2. The minimum absolute atomic E-state index is 0.0574. The number of amides is 2. The Morgan fingerprint density at radius 2 is 2.19 bits per heavy atom. The van der Waals surface area contributed by atoms with E-state index in [0.29, 0.717) is 5.92 Å². The van der Waals surface area contributed by atoms with Crippen LogP contribution in [0.5, 0.6) is 0 Å². The van der Waals surface area contributed by atoms with E-state index in [9.17, 15) is 9.59 Å². The lowest BCUT2D eigenvalue weighted by Crippen LogP contribution is -2.45. The molecule has 2 heterocycles. The van der Waals surface area contributed by atoms with Crippen LogP contribution >= 0.6 is 15.9 Å². The van der Waals surface area contributed by atoms with Gasteiger partial charge in [-0.2, -0.15) is 0 Å². The molecule has 27 heavy (non-hydrogen) atoms. The van der Waals surface area contributed by atoms with Gasteiger partial charge in [-0.1, -0.05) is 28.8 Å². The van der Waals surface area contributed by atoms with E-state index in [4.69, 9.17) is 4.98 Å². The van der Waals surface area contributed by atoms with E-state index in [-0.39, 0.29) is 24.5 Å². The van der Waals surface area contributed by atoms with Gasteiger partial charge in [-0.05, 0) is 43.4 Å². The second kappa shape index (κ2) is 7.50. The molecule has 3 atom stereocenters. The average Bonchev–Trinajstić information content (AvgIpc) is 3.26. The smallest absolute Gasteiger partial charge is 0.407 e. The number of benzene rings is 1. The van der Waals surface area contributed by atoms with Crippen molar-refractivity contribution in [1.82, 2.24) is 20.2 Å². The third-order valence-corrected chi connectivity index (χ3v) is 6.22. The summed E-state index contributed by atoms with van der Waals surface area (Å²) in [4.78, 5) is 34.5. The molecule has 0 spiro atoms. The summed E-state index contributed by atoms with van der Waals surface area (Å²) in [7, 11) is 1.29. The number of rotatable bonds is 3. The van der Waals surface area contributed by atoms with Crippen molar-refractivity contribution >= 4 is 39.0 Å². The number of hydrogen-bond acceptors (Lipinski definition) is 4. The van der Waals surface area contributed by atoms with Crippen molar-refractivity contribution < 1.29 is 14.3 Å². The Balaban J connectivity index is 1.63. The first-order chi connectivity index (χ1) is 13.1. The molecule has 2 aliphatic rings. The Hall–Kier alpha value is -2.09. The van der Waals surface area contributed by atoms with Gasteiger partial charge >= 0.3 is 6.09 Å². The molecule has 2 fully saturated rings. The van der Waals surface area contributed by atoms with Crippen molar-refractivity contribution in [3.8, 4) is 0 Å². The number of alkyl carbamates (subject to hydrolysis) is 1. The second-order valence-electron chi connectivity index (χ2n) is 7.29. The van der Waals surface area contributed by atoms with Crippen LogP contribution in [0.4, 0.5) is 4.79 Å². The molecule has 0 radical (unpaired) electrons. The van der Waals surface area contributed by atoms with Gasteiger partial charge in [0.15, 0.2) is 0 Å². The fraction of sp³-hybridized carbons (Fsp3) is 0.526. The zero-order chi connectivity index (χ0) is 19.0. The molecule has 8 heteroatoms. The first-order valence-corrected chi connectivity index (χ1v) is 10.1. The normalized spacial score (nSPS) is 24.7. The molecule has 144 valence electrons. The highest BCUT2D eigenvalue weighted by atomic mass is 79.9. The van der Waals surface area contributed by atoms with Crippen LogP contribution in [0.15, 0.2) is 22.7 Å². The van der Waals surface area contributed by atoms with Gasteiger partial charge in [0.05, 0.1) is 24.2 Å². The maximum absolute atomic E-state index is 13.0. The van der Waals surface area contributed by atoms with Crippen LogP contribution in [0.25, 0.3) is 11.0 Å². The number of methoxy groups -OCH3 is 1. The number of fused-ring (bicyclic) bond motifs is 2. The van der Waals surface area contributed by atoms with Crippen molar-refractivity contribution in [2.75, 3.05) is 13.7 Å². The lowest BCUT2D eigenvalue weighted by molar-refractivity contribution is -0.134. The van der Waals surface area contributed by atoms with Crippen LogP contribution in [0, 0.1) is 5.92 Å². The monoisotopic (exact) mass is 434 g/mol. The molecular formula is C19H23BrN4O3. The minimum Gasteiger partial charge on any atom is -0.453 e. The van der Waals surface area contributed by atoms with E-state index in [2.05, 4.69) is 31.0 Å². The first-order valence-electron chi connectivity index (χ1n) is 9.35. The van der Waals surface area contributed by atoms with Crippen LogP contribution in [0.1, 0.15) is 44.0 Å². The van der Waals surface area contributed by atoms with Crippen LogP contribution in [0.3, 0.4) is 0 Å². The molecule has 7 nitrogen and oxygen atoms in total. The topological polar surface area (TPSA) is 87.3 Å². The van der Waals surface area contributed by atoms with Gasteiger partial charge in [-0.3, -0.25) is 4.79 Å². The molecule has 1 aliphatic carbocycles. The zero-order valence-electron chi connectivity index (χ0n) is 15.2. The summed E-state index contributed by atoms with van der Waals surface area (Å²) in [6.45, 7) is -0.0574. The molecular weight excluding hydrogens is 412 g/mol. The average molecular weight is 435 g/mol. The van der Waals surface area contributed by atoms with Crippen LogP contribution in [0.2, 0.25) is 0 Å². The van der Waals surface area contributed by atoms with E-state index in [0.717, 1.165) is 47.0 Å². The third-order valence-electron chi connectivity index (χ3n) is 5.72. The standard InChI is InChI=1S/C19H23BrN4O3/c1-27-19(26)21-10-17(25)24-15-5-3-2-4-11(15)8-16(24)18-22-13-7-6-12(20)9-14(13)23-18/h6-7,9,11,15-16H,2-5,8,10H2,1H3,(H,21,26)(H,22,23)/t11-,15-,16-/m0/s1. The highest BCUT2D eigenvalue weighted by Gasteiger charge is 2.46. The molecule has 1 aromatic carbocycles. The summed E-state index contributed by atoms with van der Waals surface area (Å²) in [5.41, 5.74) is 1.84. The highest BCUT2D eigenvalue weighted by Crippen LogP contribution is 2.45. The van der Waals surface area contributed by atoms with Gasteiger partial charge < -0.3 is 19.9 Å². The molecule has 1 saturated heterocycles. The molecule has 2 aromatic rings. The van der Waals surface area contributed by atoms with Gasteiger partial charge in [0.25, 0.3) is 0 Å². The number of halogens is 1. The lowest BCUT2D eigenvalue weighted by atomic mass is 9.84. The summed E-state index contributed by atoms with van der Waals surface area (Å²) in [5, 5.41) is 2.52. The Morgan fingerprint density at radius 3 is 3.00 bits per heavy atom. The predicted molar refractivity (Wildman–Crippen MR) is 104 cm³/mol. The number of nitrogens with zero attached hydrogens (tertiary/aromatic N) is 2. The number of ether oxygens (including phenoxy) is 1. The van der Waals surface area contributed by atoms with Gasteiger partial charge in [0.2, 0.25) is 5.91 Å². The second-order valence-corrected chi connectivity index (χ2v) is 8.21. The van der Waals surface area contributed by atoms with Crippen molar-refractivity contribution in [3.63, 3.8) is 0 Å². The Bertz CT molecular complexity index is 868. The van der Waals surface area contributed by atoms with E-state index < -0.39 is 6.09 Å². The number of nitrogens with one attached hydrogen (secondary N) is 2. The van der Waals surface area contributed by atoms with Crippen LogP contribution in [-0.2, 0) is 9.53 Å². The number of likely N-dealkylation sites (tertiary alicyclic amines) is 1. The predicted octanol–water partition coefficient (Wildman–Crippen LogP) is 3.51. The molecule has 2 N–H and O–H groups in total. The van der Waals surface area contributed by atoms with Crippen LogP contribution < -0.4 is 5.32 Å². The Kier molecular flexibility index (Phi) is 5.08. The van der Waals surface area contributed by atoms with Gasteiger partial charge in [0.1, 0.15) is 12.4 Å². The summed E-state index contributed by atoms with van der Waals surface area (Å²) in [5.74, 6) is 1.23. The Morgan fingerprint density at radius 1 is 1.37 bits per heavy atom. The number of H-pyrrole nitrogens is 1. The molecule has 0 bridgehead atoms. The molecule has 1 aliphatic heterocycles. The third kappa shape index (κ3) is 3.54. The summed E-state index contributed by atoms with van der Waals surface area (Å²) in [6, 6.07) is 6.06. The van der Waals surface area contributed by atoms with Gasteiger partial charge in [0, 0.05) is 10.5 Å². The van der Waals surface area contributed by atoms with E-state index >= 15 is 0 Å². The number of aromatic amines is 1. The van der Waals surface area contributed by atoms with Crippen molar-refractivity contribution in [2.45, 2.75) is 44.2 Å². The molecule has 1 aromatic heterocycles. The summed E-state index contributed by atoms with van der Waals surface area (Å²) in [6.07, 6.45) is 4.82. The number of aromatic nitrogens is 2. The maximum Gasteiger partial charge on any atom is 0.407 e. The van der Waals surface area contributed by atoms with Gasteiger partial charge in [-0.15, -0.1) is 0 Å². The molecule has 1 saturated carbocycles. The lowest BCUT2D eigenvalue weighted by Gasteiger charge is -2.33. The first kappa shape index (κ1) is 18.3. The quantitative estimate of drug-likeness (QED) is 0.773. The van der Waals surface area contributed by atoms with Gasteiger partial charge in [-0.25, -0.2) is 9.78 Å². The van der Waals surface area contributed by atoms with E-state index in [1.165, 1.54) is 13.5 Å². The number of imidazole rings is 1. The summed E-state index contributed by atoms with van der Waals surface area (Å²) < 4.78 is 5.58. The Labute approximate surface area is 166 Å². The van der Waals surface area contributed by atoms with E-state index in [1.807, 2.05) is 23.1 Å². The zero-order valence-corrected chi connectivity index (χ0v) is 16.8. The van der Waals surface area contributed by atoms with Crippen molar-refractivity contribution in [1.29, 1.82) is 0 Å². The van der Waals surface area contributed by atoms with Crippen molar-refractivity contribution in [2.24, 2.45) is 5.92 Å². The summed E-state index contributed by atoms with van der Waals surface area (Å²) >= 11 is 3.49. The fourth-order valence-electron chi connectivity index (χ4n) is 4.53. The largest absolute Gasteiger partial charge is 0.453 e. The van der Waals surface area contributed by atoms with E-state index in [1.54, 1.807) is 0 Å². The SMILES string of the molecule is COC(=O)NCC(=O)N1[C@H](c2nc3ccc(Br)cc3[nH]2)C[C@@H]2CCCC[C@@H]21. The van der Waals surface area contributed by atoms with Crippen LogP contribution in [-0.4, -0.2) is 46.6 Å². The fourth-order valence-corrected chi connectivity index (χ4v) is 4.89. The number of carbonyl (C=O) groups is 2. The molecule has 0 unspecified atom stereocenters.